The third-order valence-electron chi connectivity index (χ3n) is 3.27. The van der Waals surface area contributed by atoms with E-state index in [0.717, 1.165) is 13.1 Å². The first kappa shape index (κ1) is 14.0. The van der Waals surface area contributed by atoms with Gasteiger partial charge in [-0.2, -0.15) is 0 Å². The average molecular weight is 264 g/mol. The predicted molar refractivity (Wildman–Crippen MR) is 75.6 cm³/mol. The van der Waals surface area contributed by atoms with Crippen molar-refractivity contribution in [1.29, 1.82) is 0 Å². The number of hydrogen-bond donors (Lipinski definition) is 0. The van der Waals surface area contributed by atoms with E-state index in [4.69, 9.17) is 4.74 Å². The van der Waals surface area contributed by atoms with Gasteiger partial charge in [0.2, 0.25) is 0 Å². The van der Waals surface area contributed by atoms with E-state index in [-0.39, 0.29) is 6.09 Å². The highest BCUT2D eigenvalue weighted by atomic mass is 16.6. The van der Waals surface area contributed by atoms with Crippen molar-refractivity contribution in [2.75, 3.05) is 19.6 Å². The minimum atomic E-state index is -0.443. The van der Waals surface area contributed by atoms with Crippen LogP contribution in [0, 0.1) is 0 Å². The Labute approximate surface area is 115 Å². The molecule has 0 saturated carbocycles. The van der Waals surface area contributed by atoms with Gasteiger partial charge in [-0.05, 0) is 52.2 Å². The summed E-state index contributed by atoms with van der Waals surface area (Å²) in [5.41, 5.74) is 0.793. The zero-order valence-electron chi connectivity index (χ0n) is 12.2. The van der Waals surface area contributed by atoms with Crippen LogP contribution in [0.1, 0.15) is 40.0 Å². The fourth-order valence-electron chi connectivity index (χ4n) is 2.33. The molecule has 2 heterocycles. The fourth-order valence-corrected chi connectivity index (χ4v) is 2.33. The Balaban J connectivity index is 1.89. The van der Waals surface area contributed by atoms with Crippen LogP contribution < -0.4 is 0 Å². The molecule has 0 atom stereocenters. The number of ether oxygens (including phenoxy) is 1. The Morgan fingerprint density at radius 1 is 1.21 bits per heavy atom. The fraction of sp³-hybridized carbons (Fsp3) is 0.667. The summed E-state index contributed by atoms with van der Waals surface area (Å²) >= 11 is 0. The van der Waals surface area contributed by atoms with Gasteiger partial charge in [0.1, 0.15) is 5.60 Å². The molecule has 1 fully saturated rings. The molecule has 0 spiro atoms. The van der Waals surface area contributed by atoms with Crippen molar-refractivity contribution in [2.45, 2.75) is 45.6 Å². The van der Waals surface area contributed by atoms with Gasteiger partial charge in [-0.3, -0.25) is 4.90 Å². The molecule has 2 rings (SSSR count). The summed E-state index contributed by atoms with van der Waals surface area (Å²) < 4.78 is 5.35. The van der Waals surface area contributed by atoms with Gasteiger partial charge in [0.05, 0.1) is 0 Å². The van der Waals surface area contributed by atoms with Gasteiger partial charge in [0.15, 0.2) is 0 Å². The first-order chi connectivity index (χ1) is 8.96. The zero-order valence-corrected chi connectivity index (χ0v) is 12.2. The molecule has 106 valence electrons. The van der Waals surface area contributed by atoms with Crippen LogP contribution in [0.25, 0.3) is 0 Å². The molecule has 2 aliphatic rings. The van der Waals surface area contributed by atoms with Crippen LogP contribution in [0.4, 0.5) is 4.79 Å². The van der Waals surface area contributed by atoms with Crippen molar-refractivity contribution < 1.29 is 9.53 Å². The second kappa shape index (κ2) is 5.68. The lowest BCUT2D eigenvalue weighted by atomic mass is 10.1. The van der Waals surface area contributed by atoms with E-state index in [2.05, 4.69) is 11.0 Å². The van der Waals surface area contributed by atoms with Gasteiger partial charge in [0, 0.05) is 31.5 Å². The van der Waals surface area contributed by atoms with Gasteiger partial charge >= 0.3 is 6.09 Å². The normalized spacial score (nSPS) is 20.3. The summed E-state index contributed by atoms with van der Waals surface area (Å²) in [5.74, 6) is 0. The summed E-state index contributed by atoms with van der Waals surface area (Å²) in [6.07, 6.45) is 9.53. The highest BCUT2D eigenvalue weighted by Gasteiger charge is 2.22. The average Bonchev–Trinajstić information content (AvgIpc) is 2.38. The second-order valence-corrected chi connectivity index (χ2v) is 6.13. The van der Waals surface area contributed by atoms with Crippen LogP contribution in [0.2, 0.25) is 0 Å². The molecule has 4 heteroatoms. The Morgan fingerprint density at radius 3 is 2.42 bits per heavy atom. The van der Waals surface area contributed by atoms with Crippen LogP contribution in [-0.2, 0) is 4.74 Å². The largest absolute Gasteiger partial charge is 0.443 e. The second-order valence-electron chi connectivity index (χ2n) is 6.13. The van der Waals surface area contributed by atoms with Gasteiger partial charge in [-0.15, -0.1) is 0 Å². The maximum Gasteiger partial charge on any atom is 0.414 e. The molecule has 0 aromatic heterocycles. The number of carbonyl (C=O) groups is 1. The van der Waals surface area contributed by atoms with Crippen molar-refractivity contribution in [3.05, 3.63) is 24.0 Å². The molecule has 0 aromatic carbocycles. The van der Waals surface area contributed by atoms with E-state index in [1.54, 1.807) is 4.90 Å². The lowest BCUT2D eigenvalue weighted by Gasteiger charge is -2.32. The van der Waals surface area contributed by atoms with Crippen molar-refractivity contribution in [3.63, 3.8) is 0 Å². The quantitative estimate of drug-likeness (QED) is 0.729. The number of rotatable bonds is 1. The van der Waals surface area contributed by atoms with Crippen LogP contribution in [0.15, 0.2) is 24.0 Å². The molecule has 2 aliphatic heterocycles. The Hall–Kier alpha value is -1.45. The van der Waals surface area contributed by atoms with Crippen LogP contribution in [-0.4, -0.2) is 41.1 Å². The lowest BCUT2D eigenvalue weighted by Crippen LogP contribution is -2.36. The van der Waals surface area contributed by atoms with Crippen molar-refractivity contribution in [2.24, 2.45) is 0 Å². The molecule has 0 radical (unpaired) electrons. The molecule has 0 aliphatic carbocycles. The number of nitrogens with zero attached hydrogens (tertiary/aromatic N) is 2. The molecule has 0 aromatic rings. The third kappa shape index (κ3) is 4.01. The van der Waals surface area contributed by atoms with E-state index in [0.29, 0.717) is 6.54 Å². The van der Waals surface area contributed by atoms with Gasteiger partial charge in [-0.1, -0.05) is 0 Å². The minimum absolute atomic E-state index is 0.280. The highest BCUT2D eigenvalue weighted by molar-refractivity contribution is 5.70. The Kier molecular flexibility index (Phi) is 4.17. The Bertz CT molecular complexity index is 387. The molecule has 0 unspecified atom stereocenters. The predicted octanol–water partition coefficient (Wildman–Crippen LogP) is 3.12. The summed E-state index contributed by atoms with van der Waals surface area (Å²) in [6.45, 7) is 8.50. The lowest BCUT2D eigenvalue weighted by molar-refractivity contribution is 0.0348. The van der Waals surface area contributed by atoms with E-state index >= 15 is 0 Å². The molecule has 0 bridgehead atoms. The number of piperidine rings is 1. The Morgan fingerprint density at radius 2 is 1.89 bits per heavy atom. The van der Waals surface area contributed by atoms with Crippen molar-refractivity contribution in [1.82, 2.24) is 9.80 Å². The summed E-state index contributed by atoms with van der Waals surface area (Å²) in [6, 6.07) is 0. The third-order valence-corrected chi connectivity index (χ3v) is 3.27. The van der Waals surface area contributed by atoms with Crippen molar-refractivity contribution >= 4 is 6.09 Å². The van der Waals surface area contributed by atoms with E-state index in [9.17, 15) is 4.79 Å². The number of amides is 1. The first-order valence-electron chi connectivity index (χ1n) is 7.09. The zero-order chi connectivity index (χ0) is 13.9. The summed E-state index contributed by atoms with van der Waals surface area (Å²) in [4.78, 5) is 15.9. The molecular formula is C15H24N2O2. The molecule has 1 saturated heterocycles. The van der Waals surface area contributed by atoms with E-state index in [1.165, 1.54) is 25.0 Å². The van der Waals surface area contributed by atoms with Crippen molar-refractivity contribution in [3.8, 4) is 0 Å². The number of likely N-dealkylation sites (tertiary alicyclic amines) is 1. The monoisotopic (exact) mass is 264 g/mol. The smallest absolute Gasteiger partial charge is 0.414 e. The van der Waals surface area contributed by atoms with Crippen LogP contribution in [0.3, 0.4) is 0 Å². The first-order valence-corrected chi connectivity index (χ1v) is 7.09. The van der Waals surface area contributed by atoms with Gasteiger partial charge in [-0.25, -0.2) is 4.79 Å². The molecule has 4 nitrogen and oxygen atoms in total. The number of hydrogen-bond acceptors (Lipinski definition) is 3. The van der Waals surface area contributed by atoms with E-state index < -0.39 is 5.60 Å². The highest BCUT2D eigenvalue weighted by Crippen LogP contribution is 2.19. The standard InChI is InChI=1S/C15H24N2O2/c1-15(2,3)19-14(18)17-11-7-13(8-12-17)16-9-5-4-6-10-16/h7-8,11H,4-6,9-10,12H2,1-3H3. The summed E-state index contributed by atoms with van der Waals surface area (Å²) in [7, 11) is 0. The van der Waals surface area contributed by atoms with Gasteiger partial charge in [0.25, 0.3) is 0 Å². The maximum absolute atomic E-state index is 11.9. The topological polar surface area (TPSA) is 32.8 Å². The molecule has 1 amide bonds. The molecule has 19 heavy (non-hydrogen) atoms. The molecule has 0 N–H and O–H groups in total. The number of carbonyl (C=O) groups excluding carboxylic acids is 1. The minimum Gasteiger partial charge on any atom is -0.443 e. The summed E-state index contributed by atoms with van der Waals surface area (Å²) in [5, 5.41) is 0. The SMILES string of the molecule is CC(C)(C)OC(=O)N1C=CC(N2CCCCC2)=CC1. The van der Waals surface area contributed by atoms with Crippen LogP contribution >= 0.6 is 0 Å². The molecular weight excluding hydrogens is 240 g/mol. The van der Waals surface area contributed by atoms with Gasteiger partial charge < -0.3 is 9.64 Å². The van der Waals surface area contributed by atoms with Crippen LogP contribution in [0.5, 0.6) is 0 Å². The number of allylic oxidation sites excluding steroid dienone is 1. The maximum atomic E-state index is 11.9. The van der Waals surface area contributed by atoms with E-state index in [1.807, 2.05) is 33.0 Å².